The predicted octanol–water partition coefficient (Wildman–Crippen LogP) is 4.21. The number of fused-ring (bicyclic) bond motifs is 2. The molecule has 21 heteroatoms. The molecule has 19 nitrogen and oxygen atoms in total. The molecule has 0 spiro atoms. The zero-order valence-electron chi connectivity index (χ0n) is 31.1. The molecule has 0 radical (unpaired) electrons. The highest BCUT2D eigenvalue weighted by molar-refractivity contribution is 7.64. The zero-order valence-corrected chi connectivity index (χ0v) is 32.8. The quantitative estimate of drug-likeness (QED) is 0.146. The van der Waals surface area contributed by atoms with Gasteiger partial charge >= 0.3 is 12.1 Å². The standard InChI is InChI=1S/C32H47ClN9O10P/c1-9-47-27(43)32(53(7,8)45,17-46-16-21-37-39-40-38-21)48-15-20-22-23(51-31(5,6)50-22)26(49-20)42-25-19(14-34-42)24(35-28(33)36-25)41(18-12-10-11-13-18)29(44)52-30(2,3)4/h14,18,20,22-23,26H,9-13,15-17H2,1-8H3,(H,37,38,39,40)/t20-,22-,23-,26-,32?/m1/s1. The van der Waals surface area contributed by atoms with Gasteiger partial charge in [0.15, 0.2) is 29.3 Å². The number of halogens is 1. The van der Waals surface area contributed by atoms with Crippen molar-refractivity contribution in [1.29, 1.82) is 0 Å². The molecule has 1 saturated carbocycles. The highest BCUT2D eigenvalue weighted by Gasteiger charge is 2.59. The van der Waals surface area contributed by atoms with Crippen LogP contribution in [0.4, 0.5) is 10.6 Å². The van der Waals surface area contributed by atoms with Gasteiger partial charge in [0.2, 0.25) is 10.6 Å². The van der Waals surface area contributed by atoms with Crippen LogP contribution in [0.3, 0.4) is 0 Å². The van der Waals surface area contributed by atoms with Gasteiger partial charge in [-0.05, 0) is 79.3 Å². The lowest BCUT2D eigenvalue weighted by Gasteiger charge is -2.35. The van der Waals surface area contributed by atoms with Crippen LogP contribution in [0.5, 0.6) is 0 Å². The first-order valence-corrected chi connectivity index (χ1v) is 20.5. The second kappa shape index (κ2) is 15.1. The smallest absolute Gasteiger partial charge is 0.416 e. The molecule has 1 amide bonds. The Morgan fingerprint density at radius 2 is 1.87 bits per heavy atom. The van der Waals surface area contributed by atoms with E-state index in [1.54, 1.807) is 52.6 Å². The van der Waals surface area contributed by atoms with Gasteiger partial charge in [-0.15, -0.1) is 10.2 Å². The molecule has 2 saturated heterocycles. The van der Waals surface area contributed by atoms with Crippen molar-refractivity contribution in [2.45, 2.75) is 121 Å². The van der Waals surface area contributed by atoms with Gasteiger partial charge in [-0.1, -0.05) is 18.1 Å². The molecular formula is C32H47ClN9O10P. The van der Waals surface area contributed by atoms with E-state index in [0.29, 0.717) is 5.39 Å². The first kappa shape index (κ1) is 39.4. The molecule has 1 unspecified atom stereocenters. The lowest BCUT2D eigenvalue weighted by atomic mass is 10.1. The summed E-state index contributed by atoms with van der Waals surface area (Å²) in [5.74, 6) is -1.40. The molecule has 3 aromatic heterocycles. The lowest BCUT2D eigenvalue weighted by molar-refractivity contribution is -0.209. The van der Waals surface area contributed by atoms with Gasteiger partial charge in [0, 0.05) is 6.04 Å². The van der Waals surface area contributed by atoms with Crippen LogP contribution < -0.4 is 4.90 Å². The Bertz CT molecular complexity index is 1830. The van der Waals surface area contributed by atoms with Gasteiger partial charge in [-0.25, -0.2) is 14.3 Å². The molecule has 53 heavy (non-hydrogen) atoms. The third-order valence-electron chi connectivity index (χ3n) is 9.15. The maximum Gasteiger partial charge on any atom is 0.416 e. The van der Waals surface area contributed by atoms with E-state index in [1.165, 1.54) is 18.0 Å². The largest absolute Gasteiger partial charge is 0.463 e. The van der Waals surface area contributed by atoms with Crippen molar-refractivity contribution in [2.24, 2.45) is 0 Å². The average molecular weight is 784 g/mol. The van der Waals surface area contributed by atoms with Crippen molar-refractivity contribution in [3.05, 3.63) is 17.3 Å². The number of carbonyl (C=O) groups excluding carboxylic acids is 2. The number of nitrogens with one attached hydrogen (secondary N) is 1. The highest BCUT2D eigenvalue weighted by atomic mass is 35.5. The summed E-state index contributed by atoms with van der Waals surface area (Å²) in [5, 5.41) is 16.5. The van der Waals surface area contributed by atoms with Crippen LogP contribution >= 0.6 is 18.7 Å². The van der Waals surface area contributed by atoms with E-state index in [2.05, 4.69) is 35.7 Å². The van der Waals surface area contributed by atoms with Gasteiger partial charge in [-0.2, -0.15) is 20.3 Å². The third-order valence-corrected chi connectivity index (χ3v) is 11.5. The number of tetrazole rings is 1. The molecule has 2 aliphatic heterocycles. The summed E-state index contributed by atoms with van der Waals surface area (Å²) in [6.45, 7) is 12.6. The third kappa shape index (κ3) is 8.21. The van der Waals surface area contributed by atoms with Crippen molar-refractivity contribution < 1.29 is 47.3 Å². The van der Waals surface area contributed by atoms with E-state index in [4.69, 9.17) is 44.8 Å². The van der Waals surface area contributed by atoms with Crippen molar-refractivity contribution >= 4 is 47.7 Å². The van der Waals surface area contributed by atoms with Crippen LogP contribution in [0.1, 0.15) is 79.3 Å². The molecule has 6 rings (SSSR count). The Hall–Kier alpha value is -3.32. The minimum atomic E-state index is -3.46. The fourth-order valence-corrected chi connectivity index (χ4v) is 8.26. The number of rotatable bonds is 13. The van der Waals surface area contributed by atoms with Gasteiger partial charge in [-0.3, -0.25) is 4.90 Å². The molecule has 3 aromatic rings. The van der Waals surface area contributed by atoms with Gasteiger partial charge in [0.05, 0.1) is 31.4 Å². The van der Waals surface area contributed by atoms with Gasteiger partial charge in [0.1, 0.15) is 37.7 Å². The Labute approximate surface area is 311 Å². The van der Waals surface area contributed by atoms with Crippen LogP contribution in [-0.2, 0) is 49.1 Å². The van der Waals surface area contributed by atoms with E-state index >= 15 is 0 Å². The predicted molar refractivity (Wildman–Crippen MR) is 188 cm³/mol. The number of hydrogen-bond acceptors (Lipinski definition) is 16. The summed E-state index contributed by atoms with van der Waals surface area (Å²) in [4.78, 5) is 37.8. The molecule has 5 heterocycles. The average Bonchev–Trinajstić information content (AvgIpc) is 3.88. The number of anilines is 1. The molecule has 1 N–H and O–H groups in total. The molecule has 292 valence electrons. The number of amides is 1. The van der Waals surface area contributed by atoms with Crippen LogP contribution in [0, 0.1) is 0 Å². The number of aromatic amines is 1. The molecule has 5 atom stereocenters. The summed E-state index contributed by atoms with van der Waals surface area (Å²) in [5.41, 5.74) is -0.466. The second-order valence-electron chi connectivity index (χ2n) is 15.0. The van der Waals surface area contributed by atoms with E-state index in [9.17, 15) is 14.2 Å². The Morgan fingerprint density at radius 3 is 2.51 bits per heavy atom. The SMILES string of the molecule is CCOC(=O)C(COCc1nn[nH]n1)(OC[C@H]1O[C@@H](n2ncc3c(N(C(=O)OC(C)(C)C)C4CCCC4)nc(Cl)nc32)[C@@H]2OC(C)(C)O[C@@H]21)P(C)(C)=O. The number of hydrogen-bond donors (Lipinski definition) is 1. The first-order valence-electron chi connectivity index (χ1n) is 17.5. The molecule has 3 aliphatic rings. The Balaban J connectivity index is 1.32. The molecule has 0 bridgehead atoms. The zero-order chi connectivity index (χ0) is 38.3. The number of H-pyrrole nitrogens is 1. The fourth-order valence-electron chi connectivity index (χ4n) is 6.81. The second-order valence-corrected chi connectivity index (χ2v) is 18.8. The molecular weight excluding hydrogens is 737 g/mol. The maximum absolute atomic E-state index is 13.9. The van der Waals surface area contributed by atoms with Gasteiger partial charge in [0.25, 0.3) is 0 Å². The number of ether oxygens (including phenoxy) is 7. The molecule has 0 aromatic carbocycles. The van der Waals surface area contributed by atoms with Crippen LogP contribution in [0.15, 0.2) is 6.20 Å². The number of carbonyl (C=O) groups is 2. The van der Waals surface area contributed by atoms with Crippen molar-refractivity contribution in [3.63, 3.8) is 0 Å². The Kier molecular flexibility index (Phi) is 11.2. The minimum absolute atomic E-state index is 0.0114. The summed E-state index contributed by atoms with van der Waals surface area (Å²) < 4.78 is 57.8. The first-order chi connectivity index (χ1) is 24.9. The summed E-state index contributed by atoms with van der Waals surface area (Å²) >= 11 is 6.55. The van der Waals surface area contributed by atoms with Gasteiger partial charge < -0.3 is 37.7 Å². The summed E-state index contributed by atoms with van der Waals surface area (Å²) in [7, 11) is -3.46. The summed E-state index contributed by atoms with van der Waals surface area (Å²) in [6.07, 6.45) is 1.18. The van der Waals surface area contributed by atoms with Crippen LogP contribution in [0.25, 0.3) is 11.0 Å². The minimum Gasteiger partial charge on any atom is -0.463 e. The normalized spacial score (nSPS) is 24.3. The summed E-state index contributed by atoms with van der Waals surface area (Å²) in [6, 6.07) is -0.160. The van der Waals surface area contributed by atoms with Crippen LogP contribution in [0.2, 0.25) is 5.28 Å². The van der Waals surface area contributed by atoms with Crippen molar-refractivity contribution in [3.8, 4) is 0 Å². The van der Waals surface area contributed by atoms with E-state index in [1.807, 2.05) is 0 Å². The molecule has 1 aliphatic carbocycles. The number of nitrogens with zero attached hydrogens (tertiary/aromatic N) is 8. The van der Waals surface area contributed by atoms with Crippen molar-refractivity contribution in [2.75, 3.05) is 38.1 Å². The van der Waals surface area contributed by atoms with E-state index < -0.39 is 67.1 Å². The maximum atomic E-state index is 13.9. The molecule has 3 fully saturated rings. The fraction of sp³-hybridized carbons (Fsp3) is 0.750. The topological polar surface area (TPSA) is 217 Å². The monoisotopic (exact) mass is 783 g/mol. The van der Waals surface area contributed by atoms with Crippen molar-refractivity contribution in [1.82, 2.24) is 40.4 Å². The van der Waals surface area contributed by atoms with Crippen LogP contribution in [-0.4, -0.2) is 127 Å². The van der Waals surface area contributed by atoms with E-state index in [0.717, 1.165) is 25.7 Å². The lowest BCUT2D eigenvalue weighted by Crippen LogP contribution is -2.49. The Morgan fingerprint density at radius 1 is 1.15 bits per heavy atom. The highest BCUT2D eigenvalue weighted by Crippen LogP contribution is 2.54. The number of aromatic nitrogens is 8. The van der Waals surface area contributed by atoms with E-state index in [-0.39, 0.29) is 48.4 Å². The number of esters is 1.